The van der Waals surface area contributed by atoms with Crippen LogP contribution in [0.4, 0.5) is 0 Å². The topological polar surface area (TPSA) is 62.6 Å². The van der Waals surface area contributed by atoms with Crippen molar-refractivity contribution < 1.29 is 14.0 Å². The summed E-state index contributed by atoms with van der Waals surface area (Å²) in [4.78, 5) is 26.7. The lowest BCUT2D eigenvalue weighted by molar-refractivity contribution is -0.117. The fourth-order valence-corrected chi connectivity index (χ4v) is 3.05. The third-order valence-corrected chi connectivity index (χ3v) is 4.43. The summed E-state index contributed by atoms with van der Waals surface area (Å²) in [7, 11) is 0. The van der Waals surface area contributed by atoms with Crippen molar-refractivity contribution in [1.82, 2.24) is 10.2 Å². The van der Waals surface area contributed by atoms with Gasteiger partial charge in [-0.15, -0.1) is 0 Å². The summed E-state index contributed by atoms with van der Waals surface area (Å²) in [5.41, 5.74) is 1.47. The van der Waals surface area contributed by atoms with Crippen molar-refractivity contribution in [3.63, 3.8) is 0 Å². The largest absolute Gasteiger partial charge is 0.468 e. The van der Waals surface area contributed by atoms with Crippen molar-refractivity contribution in [2.45, 2.75) is 25.8 Å². The van der Waals surface area contributed by atoms with Crippen LogP contribution in [0, 0.1) is 6.92 Å². The maximum Gasteiger partial charge on any atom is 0.292 e. The molecule has 5 heteroatoms. The molecule has 3 rings (SSSR count). The van der Waals surface area contributed by atoms with Crippen LogP contribution < -0.4 is 5.32 Å². The maximum absolute atomic E-state index is 12.2. The molecule has 1 saturated heterocycles. The van der Waals surface area contributed by atoms with Crippen LogP contribution in [0.15, 0.2) is 47.1 Å². The highest BCUT2D eigenvalue weighted by atomic mass is 16.3. The van der Waals surface area contributed by atoms with Crippen LogP contribution >= 0.6 is 0 Å². The minimum atomic E-state index is -0.574. The Balaban J connectivity index is 1.64. The Bertz CT molecular complexity index is 686. The number of carbonyl (C=O) groups excluding carboxylic acids is 2. The lowest BCUT2D eigenvalue weighted by atomic mass is 10.1. The van der Waals surface area contributed by atoms with Gasteiger partial charge in [0.05, 0.1) is 12.3 Å². The summed E-state index contributed by atoms with van der Waals surface area (Å²) in [5, 5.41) is 2.77. The van der Waals surface area contributed by atoms with Crippen LogP contribution in [-0.4, -0.2) is 36.2 Å². The molecule has 0 bridgehead atoms. The summed E-state index contributed by atoms with van der Waals surface area (Å²) in [6.07, 6.45) is 3.93. The minimum Gasteiger partial charge on any atom is -0.468 e. The predicted octanol–water partition coefficient (Wildman–Crippen LogP) is 2.72. The highest BCUT2D eigenvalue weighted by Crippen LogP contribution is 2.24. The SMILES string of the molecule is Cc1ccc(C(=O)C(=O)NCC(c2ccco2)N2CCCC2)cc1. The zero-order valence-corrected chi connectivity index (χ0v) is 13.8. The van der Waals surface area contributed by atoms with Gasteiger partial charge in [-0.25, -0.2) is 0 Å². The Morgan fingerprint density at radius 2 is 1.88 bits per heavy atom. The monoisotopic (exact) mass is 326 g/mol. The van der Waals surface area contributed by atoms with Crippen molar-refractivity contribution in [2.75, 3.05) is 19.6 Å². The van der Waals surface area contributed by atoms with Crippen LogP contribution in [-0.2, 0) is 4.79 Å². The normalized spacial score (nSPS) is 16.0. The third-order valence-electron chi connectivity index (χ3n) is 4.43. The molecule has 1 aliphatic heterocycles. The van der Waals surface area contributed by atoms with Crippen LogP contribution in [0.1, 0.15) is 40.6 Å². The lowest BCUT2D eigenvalue weighted by Gasteiger charge is -2.25. The molecule has 0 saturated carbocycles. The van der Waals surface area contributed by atoms with Gasteiger partial charge in [-0.05, 0) is 45.0 Å². The second-order valence-corrected chi connectivity index (χ2v) is 6.18. The van der Waals surface area contributed by atoms with E-state index in [-0.39, 0.29) is 6.04 Å². The number of hydrogen-bond acceptors (Lipinski definition) is 4. The highest BCUT2D eigenvalue weighted by molar-refractivity contribution is 6.42. The van der Waals surface area contributed by atoms with Crippen molar-refractivity contribution in [1.29, 1.82) is 0 Å². The molecule has 0 aliphatic carbocycles. The molecule has 1 amide bonds. The molecule has 0 spiro atoms. The van der Waals surface area contributed by atoms with Gasteiger partial charge in [-0.3, -0.25) is 14.5 Å². The summed E-state index contributed by atoms with van der Waals surface area (Å²) < 4.78 is 5.52. The molecule has 1 aromatic carbocycles. The smallest absolute Gasteiger partial charge is 0.292 e. The fraction of sp³-hybridized carbons (Fsp3) is 0.368. The van der Waals surface area contributed by atoms with Gasteiger partial charge in [-0.2, -0.15) is 0 Å². The standard InChI is InChI=1S/C19H22N2O3/c1-14-6-8-15(9-7-14)18(22)19(23)20-13-16(17-5-4-12-24-17)21-10-2-3-11-21/h4-9,12,16H,2-3,10-11,13H2,1H3,(H,20,23). The fourth-order valence-electron chi connectivity index (χ4n) is 3.05. The van der Waals surface area contributed by atoms with E-state index in [1.54, 1.807) is 18.4 Å². The Morgan fingerprint density at radius 3 is 2.50 bits per heavy atom. The molecule has 5 nitrogen and oxygen atoms in total. The first-order valence-electron chi connectivity index (χ1n) is 8.32. The molecule has 126 valence electrons. The predicted molar refractivity (Wildman–Crippen MR) is 90.8 cm³/mol. The van der Waals surface area contributed by atoms with E-state index >= 15 is 0 Å². The highest BCUT2D eigenvalue weighted by Gasteiger charge is 2.27. The Labute approximate surface area is 141 Å². The number of carbonyl (C=O) groups is 2. The summed E-state index contributed by atoms with van der Waals surface area (Å²) in [6.45, 7) is 4.27. The third kappa shape index (κ3) is 3.74. The quantitative estimate of drug-likeness (QED) is 0.655. The first kappa shape index (κ1) is 16.5. The van der Waals surface area contributed by atoms with Gasteiger partial charge in [-0.1, -0.05) is 29.8 Å². The maximum atomic E-state index is 12.2. The Kier molecular flexibility index (Phi) is 5.11. The zero-order chi connectivity index (χ0) is 16.9. The zero-order valence-electron chi connectivity index (χ0n) is 13.8. The minimum absolute atomic E-state index is 0.0303. The number of nitrogens with zero attached hydrogens (tertiary/aromatic N) is 1. The van der Waals surface area contributed by atoms with E-state index in [2.05, 4.69) is 10.2 Å². The van der Waals surface area contributed by atoms with Crippen LogP contribution in [0.2, 0.25) is 0 Å². The second-order valence-electron chi connectivity index (χ2n) is 6.18. The molecule has 1 N–H and O–H groups in total. The Morgan fingerprint density at radius 1 is 1.17 bits per heavy atom. The number of Topliss-reactive ketones (excluding diaryl/α,β-unsaturated/α-hetero) is 1. The van der Waals surface area contributed by atoms with Crippen molar-refractivity contribution in [3.8, 4) is 0 Å². The van der Waals surface area contributed by atoms with E-state index in [0.29, 0.717) is 12.1 Å². The first-order valence-corrected chi connectivity index (χ1v) is 8.32. The number of aryl methyl sites for hydroxylation is 1. The van der Waals surface area contributed by atoms with Gasteiger partial charge in [0.25, 0.3) is 5.91 Å². The van der Waals surface area contributed by atoms with Gasteiger partial charge >= 0.3 is 0 Å². The number of rotatable bonds is 6. The number of furan rings is 1. The number of ketones is 1. The van der Waals surface area contributed by atoms with E-state index in [1.807, 2.05) is 31.2 Å². The van der Waals surface area contributed by atoms with E-state index in [0.717, 1.165) is 37.3 Å². The van der Waals surface area contributed by atoms with Crippen LogP contribution in [0.25, 0.3) is 0 Å². The van der Waals surface area contributed by atoms with Gasteiger partial charge in [0.1, 0.15) is 5.76 Å². The Hall–Kier alpha value is -2.40. The van der Waals surface area contributed by atoms with Crippen LogP contribution in [0.5, 0.6) is 0 Å². The molecule has 24 heavy (non-hydrogen) atoms. The van der Waals surface area contributed by atoms with E-state index in [4.69, 9.17) is 4.42 Å². The number of likely N-dealkylation sites (tertiary alicyclic amines) is 1. The molecule has 1 unspecified atom stereocenters. The number of amides is 1. The van der Waals surface area contributed by atoms with Crippen molar-refractivity contribution in [2.24, 2.45) is 0 Å². The summed E-state index contributed by atoms with van der Waals surface area (Å²) >= 11 is 0. The average molecular weight is 326 g/mol. The molecular formula is C19H22N2O3. The summed E-state index contributed by atoms with van der Waals surface area (Å²) in [5.74, 6) is -0.260. The molecule has 2 aromatic rings. The molecule has 1 atom stereocenters. The number of hydrogen-bond donors (Lipinski definition) is 1. The lowest BCUT2D eigenvalue weighted by Crippen LogP contribution is -2.39. The van der Waals surface area contributed by atoms with Crippen molar-refractivity contribution in [3.05, 3.63) is 59.5 Å². The van der Waals surface area contributed by atoms with Gasteiger partial charge in [0.2, 0.25) is 5.78 Å². The number of nitrogens with one attached hydrogen (secondary N) is 1. The summed E-state index contributed by atoms with van der Waals surface area (Å²) in [6, 6.07) is 10.8. The van der Waals surface area contributed by atoms with Crippen molar-refractivity contribution >= 4 is 11.7 Å². The number of benzene rings is 1. The first-order chi connectivity index (χ1) is 11.6. The molecule has 2 heterocycles. The van der Waals surface area contributed by atoms with Gasteiger partial charge in [0, 0.05) is 12.1 Å². The van der Waals surface area contributed by atoms with E-state index in [9.17, 15) is 9.59 Å². The van der Waals surface area contributed by atoms with E-state index in [1.165, 1.54) is 0 Å². The average Bonchev–Trinajstić information content (AvgIpc) is 3.29. The molecular weight excluding hydrogens is 304 g/mol. The molecule has 1 fully saturated rings. The van der Waals surface area contributed by atoms with Crippen LogP contribution in [0.3, 0.4) is 0 Å². The molecule has 1 aromatic heterocycles. The second kappa shape index (κ2) is 7.45. The molecule has 1 aliphatic rings. The van der Waals surface area contributed by atoms with E-state index < -0.39 is 11.7 Å². The van der Waals surface area contributed by atoms with Gasteiger partial charge in [0.15, 0.2) is 0 Å². The van der Waals surface area contributed by atoms with Gasteiger partial charge < -0.3 is 9.73 Å². The molecule has 0 radical (unpaired) electrons.